The zero-order valence-electron chi connectivity index (χ0n) is 7.60. The highest BCUT2D eigenvalue weighted by Crippen LogP contribution is 2.11. The van der Waals surface area contributed by atoms with E-state index < -0.39 is 0 Å². The molecule has 0 fully saturated rings. The number of thioether (sulfide) groups is 1. The van der Waals surface area contributed by atoms with Gasteiger partial charge in [-0.1, -0.05) is 17.8 Å². The number of hydrogen-bond acceptors (Lipinski definition) is 5. The van der Waals surface area contributed by atoms with Gasteiger partial charge < -0.3 is 0 Å². The van der Waals surface area contributed by atoms with E-state index in [4.69, 9.17) is 0 Å². The van der Waals surface area contributed by atoms with Crippen LogP contribution >= 0.6 is 23.1 Å². The molecule has 1 aromatic heterocycles. The smallest absolute Gasteiger partial charge is 0.186 e. The van der Waals surface area contributed by atoms with Crippen LogP contribution in [0.15, 0.2) is 11.5 Å². The van der Waals surface area contributed by atoms with Gasteiger partial charge in [-0.3, -0.25) is 9.59 Å². The lowest BCUT2D eigenvalue weighted by molar-refractivity contribution is -0.109. The van der Waals surface area contributed by atoms with Crippen LogP contribution < -0.4 is 0 Å². The Balaban J connectivity index is 2.43. The van der Waals surface area contributed by atoms with E-state index in [-0.39, 0.29) is 5.12 Å². The van der Waals surface area contributed by atoms with Gasteiger partial charge in [0.1, 0.15) is 10.7 Å². The van der Waals surface area contributed by atoms with Gasteiger partial charge in [0, 0.05) is 18.1 Å². The summed E-state index contributed by atoms with van der Waals surface area (Å²) in [5.41, 5.74) is 0.453. The molecule has 0 N–H and O–H groups in total. The molecule has 74 valence electrons. The molecule has 0 unspecified atom stereocenters. The van der Waals surface area contributed by atoms with Crippen LogP contribution in [0.25, 0.3) is 6.08 Å². The Morgan fingerprint density at radius 3 is 3.07 bits per heavy atom. The number of thiazole rings is 1. The van der Waals surface area contributed by atoms with Crippen molar-refractivity contribution in [3.63, 3.8) is 0 Å². The van der Waals surface area contributed by atoms with Crippen molar-refractivity contribution in [2.45, 2.75) is 6.92 Å². The largest absolute Gasteiger partial charge is 0.296 e. The van der Waals surface area contributed by atoms with Gasteiger partial charge in [-0.2, -0.15) is 0 Å². The Morgan fingerprint density at radius 2 is 2.50 bits per heavy atom. The van der Waals surface area contributed by atoms with Crippen molar-refractivity contribution < 1.29 is 9.59 Å². The van der Waals surface area contributed by atoms with E-state index in [0.717, 1.165) is 11.3 Å². The Kier molecular flexibility index (Phi) is 4.55. The second kappa shape index (κ2) is 5.72. The van der Waals surface area contributed by atoms with Crippen LogP contribution in [0.2, 0.25) is 0 Å². The molecule has 0 aliphatic carbocycles. The second-order valence-electron chi connectivity index (χ2n) is 2.43. The van der Waals surface area contributed by atoms with Crippen LogP contribution in [0.3, 0.4) is 0 Å². The second-order valence-corrected chi connectivity index (χ2v) is 4.52. The van der Waals surface area contributed by atoms with Crippen molar-refractivity contribution >= 4 is 40.6 Å². The van der Waals surface area contributed by atoms with Crippen LogP contribution in [-0.2, 0) is 4.79 Å². The quantitative estimate of drug-likeness (QED) is 0.740. The predicted octanol–water partition coefficient (Wildman–Crippen LogP) is 2.25. The minimum atomic E-state index is 0.0994. The first-order valence-corrected chi connectivity index (χ1v) is 5.79. The summed E-state index contributed by atoms with van der Waals surface area (Å²) >= 11 is 2.65. The molecule has 5 heteroatoms. The summed E-state index contributed by atoms with van der Waals surface area (Å²) in [6, 6.07) is 0. The molecule has 0 amide bonds. The van der Waals surface area contributed by atoms with Crippen LogP contribution in [0.5, 0.6) is 0 Å². The molecule has 0 bridgehead atoms. The van der Waals surface area contributed by atoms with Crippen molar-refractivity contribution in [2.24, 2.45) is 0 Å². The third-order valence-electron chi connectivity index (χ3n) is 1.30. The molecular formula is C9H9NO2S2. The van der Waals surface area contributed by atoms with E-state index in [1.807, 2.05) is 12.2 Å². The van der Waals surface area contributed by atoms with Gasteiger partial charge in [-0.05, 0) is 6.08 Å². The first kappa shape index (κ1) is 11.1. The fourth-order valence-electron chi connectivity index (χ4n) is 0.746. The van der Waals surface area contributed by atoms with Crippen LogP contribution in [0.4, 0.5) is 0 Å². The third-order valence-corrected chi connectivity index (χ3v) is 2.90. The van der Waals surface area contributed by atoms with E-state index in [2.05, 4.69) is 4.98 Å². The number of rotatable bonds is 4. The number of carbonyl (C=O) groups excluding carboxylic acids is 2. The summed E-state index contributed by atoms with van der Waals surface area (Å²) in [6.07, 6.45) is 4.39. The Labute approximate surface area is 90.2 Å². The highest BCUT2D eigenvalue weighted by atomic mass is 32.2. The van der Waals surface area contributed by atoms with Crippen molar-refractivity contribution in [1.82, 2.24) is 4.98 Å². The molecule has 0 spiro atoms. The number of aldehydes is 1. The highest BCUT2D eigenvalue weighted by Gasteiger charge is 1.96. The van der Waals surface area contributed by atoms with Crippen LogP contribution in [-0.4, -0.2) is 22.1 Å². The standard InChI is InChI=1S/C9H9NO2S2/c1-7(12)13-4-2-3-9-10-8(5-11)6-14-9/h2-3,5-6H,4H2,1H3. The maximum atomic E-state index is 10.6. The molecule has 0 radical (unpaired) electrons. The van der Waals surface area contributed by atoms with E-state index >= 15 is 0 Å². The Bertz CT molecular complexity index is 357. The summed E-state index contributed by atoms with van der Waals surface area (Å²) in [7, 11) is 0. The summed E-state index contributed by atoms with van der Waals surface area (Å²) < 4.78 is 0. The Hall–Kier alpha value is -0.940. The minimum Gasteiger partial charge on any atom is -0.296 e. The van der Waals surface area contributed by atoms with Gasteiger partial charge in [0.25, 0.3) is 0 Å². The lowest BCUT2D eigenvalue weighted by Gasteiger charge is -1.86. The van der Waals surface area contributed by atoms with E-state index in [0.29, 0.717) is 11.4 Å². The highest BCUT2D eigenvalue weighted by molar-refractivity contribution is 8.13. The molecule has 0 saturated carbocycles. The van der Waals surface area contributed by atoms with E-state index in [9.17, 15) is 9.59 Å². The average molecular weight is 227 g/mol. The first-order chi connectivity index (χ1) is 6.72. The molecule has 14 heavy (non-hydrogen) atoms. The maximum Gasteiger partial charge on any atom is 0.186 e. The van der Waals surface area contributed by atoms with Gasteiger partial charge in [-0.15, -0.1) is 11.3 Å². The van der Waals surface area contributed by atoms with E-state index in [1.54, 1.807) is 5.38 Å². The van der Waals surface area contributed by atoms with Crippen molar-refractivity contribution in [2.75, 3.05) is 5.75 Å². The van der Waals surface area contributed by atoms with Crippen LogP contribution in [0, 0.1) is 0 Å². The summed E-state index contributed by atoms with van der Waals surface area (Å²) in [6.45, 7) is 1.53. The van der Waals surface area contributed by atoms with Gasteiger partial charge in [0.15, 0.2) is 11.4 Å². The molecule has 0 aliphatic rings. The predicted molar refractivity (Wildman–Crippen MR) is 59.7 cm³/mol. The summed E-state index contributed by atoms with van der Waals surface area (Å²) in [5, 5.41) is 2.59. The maximum absolute atomic E-state index is 10.6. The van der Waals surface area contributed by atoms with Crippen molar-refractivity contribution in [3.8, 4) is 0 Å². The molecule has 0 saturated heterocycles. The summed E-state index contributed by atoms with van der Waals surface area (Å²) in [5.74, 6) is 0.644. The molecule has 3 nitrogen and oxygen atoms in total. The normalized spacial score (nSPS) is 10.6. The molecule has 1 aromatic rings. The fraction of sp³-hybridized carbons (Fsp3) is 0.222. The van der Waals surface area contributed by atoms with Gasteiger partial charge in [0.2, 0.25) is 0 Å². The lowest BCUT2D eigenvalue weighted by Crippen LogP contribution is -1.81. The SMILES string of the molecule is CC(=O)SCC=Cc1nc(C=O)cs1. The molecule has 0 atom stereocenters. The number of hydrogen-bond donors (Lipinski definition) is 0. The molecule has 0 aromatic carbocycles. The fourth-order valence-corrected chi connectivity index (χ4v) is 1.86. The average Bonchev–Trinajstić information content (AvgIpc) is 2.60. The minimum absolute atomic E-state index is 0.0994. The topological polar surface area (TPSA) is 47.0 Å². The third kappa shape index (κ3) is 3.85. The Morgan fingerprint density at radius 1 is 1.71 bits per heavy atom. The van der Waals surface area contributed by atoms with Gasteiger partial charge in [0.05, 0.1) is 0 Å². The van der Waals surface area contributed by atoms with E-state index in [1.165, 1.54) is 30.0 Å². The molecule has 1 rings (SSSR count). The van der Waals surface area contributed by atoms with Crippen molar-refractivity contribution in [1.29, 1.82) is 0 Å². The lowest BCUT2D eigenvalue weighted by atomic mass is 10.5. The number of carbonyl (C=O) groups is 2. The first-order valence-electron chi connectivity index (χ1n) is 3.93. The van der Waals surface area contributed by atoms with Crippen LogP contribution in [0.1, 0.15) is 22.4 Å². The summed E-state index contributed by atoms with van der Waals surface area (Å²) in [4.78, 5) is 24.9. The monoisotopic (exact) mass is 227 g/mol. The van der Waals surface area contributed by atoms with Crippen molar-refractivity contribution in [3.05, 3.63) is 22.2 Å². The zero-order valence-corrected chi connectivity index (χ0v) is 9.23. The zero-order chi connectivity index (χ0) is 10.4. The number of nitrogens with zero attached hydrogens (tertiary/aromatic N) is 1. The molecule has 1 heterocycles. The van der Waals surface area contributed by atoms with Gasteiger partial charge >= 0.3 is 0 Å². The molecule has 0 aliphatic heterocycles. The molecular weight excluding hydrogens is 218 g/mol. The number of aromatic nitrogens is 1. The van der Waals surface area contributed by atoms with Gasteiger partial charge in [-0.25, -0.2) is 4.98 Å².